The highest BCUT2D eigenvalue weighted by molar-refractivity contribution is 6.05. The number of imide groups is 1. The predicted octanol–water partition coefficient (Wildman–Crippen LogP) is 1.72. The summed E-state index contributed by atoms with van der Waals surface area (Å²) >= 11 is 0. The molecule has 1 aromatic heterocycles. The summed E-state index contributed by atoms with van der Waals surface area (Å²) in [5.41, 5.74) is 3.11. The van der Waals surface area contributed by atoms with Crippen LogP contribution in [-0.2, 0) is 21.5 Å². The van der Waals surface area contributed by atoms with Gasteiger partial charge in [-0.05, 0) is 36.6 Å². The molecule has 3 amide bonds. The van der Waals surface area contributed by atoms with E-state index in [9.17, 15) is 14.4 Å². The number of aromatic nitrogens is 3. The number of hydrogen-bond acceptors (Lipinski definition) is 5. The maximum Gasteiger partial charge on any atom is 0.255 e. The van der Waals surface area contributed by atoms with Gasteiger partial charge in [0.2, 0.25) is 11.8 Å². The highest BCUT2D eigenvalue weighted by Crippen LogP contribution is 2.30. The van der Waals surface area contributed by atoms with Gasteiger partial charge in [-0.25, -0.2) is 4.68 Å². The molecule has 0 bridgehead atoms. The van der Waals surface area contributed by atoms with Gasteiger partial charge in [-0.15, -0.1) is 5.10 Å². The van der Waals surface area contributed by atoms with Crippen LogP contribution in [0.1, 0.15) is 61.6 Å². The maximum absolute atomic E-state index is 12.8. The number of rotatable bonds is 4. The Balaban J connectivity index is 1.59. The predicted molar refractivity (Wildman–Crippen MR) is 101 cm³/mol. The zero-order valence-electron chi connectivity index (χ0n) is 16.2. The van der Waals surface area contributed by atoms with Crippen molar-refractivity contribution in [3.05, 3.63) is 41.2 Å². The first-order chi connectivity index (χ1) is 13.3. The minimum Gasteiger partial charge on any atom is -0.322 e. The van der Waals surface area contributed by atoms with Crippen molar-refractivity contribution < 1.29 is 14.4 Å². The third kappa shape index (κ3) is 2.98. The van der Waals surface area contributed by atoms with Crippen LogP contribution in [0.2, 0.25) is 0 Å². The molecule has 3 heterocycles. The van der Waals surface area contributed by atoms with E-state index in [-0.39, 0.29) is 23.7 Å². The smallest absolute Gasteiger partial charge is 0.255 e. The van der Waals surface area contributed by atoms with Crippen LogP contribution in [-0.4, -0.2) is 43.7 Å². The zero-order chi connectivity index (χ0) is 20.1. The van der Waals surface area contributed by atoms with Crippen molar-refractivity contribution in [2.45, 2.75) is 58.0 Å². The molecule has 1 fully saturated rings. The molecule has 1 saturated heterocycles. The van der Waals surface area contributed by atoms with E-state index in [0.29, 0.717) is 18.5 Å². The van der Waals surface area contributed by atoms with Crippen molar-refractivity contribution in [3.8, 4) is 5.69 Å². The molecule has 0 spiro atoms. The van der Waals surface area contributed by atoms with Crippen LogP contribution in [0.25, 0.3) is 5.69 Å². The Morgan fingerprint density at radius 3 is 2.75 bits per heavy atom. The molecular formula is C20H23N5O3. The van der Waals surface area contributed by atoms with Crippen molar-refractivity contribution in [3.63, 3.8) is 0 Å². The number of carbonyl (C=O) groups excluding carboxylic acids is 3. The van der Waals surface area contributed by atoms with Gasteiger partial charge < -0.3 is 4.90 Å². The molecule has 146 valence electrons. The van der Waals surface area contributed by atoms with Gasteiger partial charge >= 0.3 is 0 Å². The Morgan fingerprint density at radius 2 is 2.04 bits per heavy atom. The number of fused-ring (bicyclic) bond motifs is 1. The molecule has 0 saturated carbocycles. The largest absolute Gasteiger partial charge is 0.322 e. The molecule has 1 aromatic carbocycles. The summed E-state index contributed by atoms with van der Waals surface area (Å²) in [6.07, 6.45) is 3.47. The van der Waals surface area contributed by atoms with E-state index in [2.05, 4.69) is 36.4 Å². The Bertz CT molecular complexity index is 978. The second-order valence-electron chi connectivity index (χ2n) is 8.03. The Hall–Kier alpha value is -3.03. The topological polar surface area (TPSA) is 97.2 Å². The first kappa shape index (κ1) is 18.3. The fraction of sp³-hybridized carbons (Fsp3) is 0.450. The van der Waals surface area contributed by atoms with Crippen LogP contribution in [0.4, 0.5) is 0 Å². The first-order valence-corrected chi connectivity index (χ1v) is 9.51. The molecule has 2 aliphatic heterocycles. The summed E-state index contributed by atoms with van der Waals surface area (Å²) in [4.78, 5) is 37.8. The molecule has 4 rings (SSSR count). The number of nitrogens with one attached hydrogen (secondary N) is 1. The second kappa shape index (κ2) is 6.54. The molecule has 8 heteroatoms. The number of benzene rings is 1. The number of nitrogens with zero attached hydrogens (tertiary/aromatic N) is 4. The van der Waals surface area contributed by atoms with E-state index in [1.165, 1.54) is 0 Å². The van der Waals surface area contributed by atoms with Crippen molar-refractivity contribution >= 4 is 17.7 Å². The van der Waals surface area contributed by atoms with Crippen molar-refractivity contribution in [1.29, 1.82) is 0 Å². The minimum absolute atomic E-state index is 0.0620. The number of hydrogen-bond donors (Lipinski definition) is 1. The van der Waals surface area contributed by atoms with Gasteiger partial charge in [0.15, 0.2) is 0 Å². The van der Waals surface area contributed by atoms with Crippen molar-refractivity contribution in [1.82, 2.24) is 25.2 Å². The zero-order valence-corrected chi connectivity index (χ0v) is 16.2. The molecule has 0 aliphatic carbocycles. The van der Waals surface area contributed by atoms with Gasteiger partial charge in [0.05, 0.1) is 17.6 Å². The fourth-order valence-electron chi connectivity index (χ4n) is 3.58. The van der Waals surface area contributed by atoms with Gasteiger partial charge in [-0.3, -0.25) is 19.7 Å². The molecule has 2 aliphatic rings. The SMILES string of the molecule is CCC(C)(C)c1cn(-c2ccc3c(c2)CN(C2CCC(=O)NC2=O)C3=O)nn1. The summed E-state index contributed by atoms with van der Waals surface area (Å²) in [6, 6.07) is 4.91. The molecule has 1 unspecified atom stereocenters. The lowest BCUT2D eigenvalue weighted by Crippen LogP contribution is -2.52. The third-order valence-corrected chi connectivity index (χ3v) is 5.84. The van der Waals surface area contributed by atoms with Crippen molar-refractivity contribution in [2.24, 2.45) is 0 Å². The molecule has 28 heavy (non-hydrogen) atoms. The number of amides is 3. The van der Waals surface area contributed by atoms with Crippen LogP contribution >= 0.6 is 0 Å². The highest BCUT2D eigenvalue weighted by atomic mass is 16.2. The average Bonchev–Trinajstić information content (AvgIpc) is 3.28. The summed E-state index contributed by atoms with van der Waals surface area (Å²) in [6.45, 7) is 6.71. The van der Waals surface area contributed by atoms with E-state index in [4.69, 9.17) is 0 Å². The average molecular weight is 381 g/mol. The lowest BCUT2D eigenvalue weighted by molar-refractivity contribution is -0.136. The first-order valence-electron chi connectivity index (χ1n) is 9.51. The highest BCUT2D eigenvalue weighted by Gasteiger charge is 2.39. The van der Waals surface area contributed by atoms with E-state index in [1.807, 2.05) is 18.3 Å². The molecule has 8 nitrogen and oxygen atoms in total. The molecule has 1 N–H and O–H groups in total. The van der Waals surface area contributed by atoms with E-state index < -0.39 is 11.9 Å². The third-order valence-electron chi connectivity index (χ3n) is 5.84. The van der Waals surface area contributed by atoms with Gasteiger partial charge in [0.25, 0.3) is 5.91 Å². The van der Waals surface area contributed by atoms with Gasteiger partial charge in [0.1, 0.15) is 6.04 Å². The molecule has 0 radical (unpaired) electrons. The number of carbonyl (C=O) groups is 3. The molecule has 2 aromatic rings. The van der Waals surface area contributed by atoms with E-state index in [0.717, 1.165) is 23.4 Å². The monoisotopic (exact) mass is 381 g/mol. The Kier molecular flexibility index (Phi) is 4.28. The van der Waals surface area contributed by atoms with Crippen LogP contribution in [0.5, 0.6) is 0 Å². The van der Waals surface area contributed by atoms with Crippen LogP contribution in [0, 0.1) is 0 Å². The van der Waals surface area contributed by atoms with E-state index in [1.54, 1.807) is 15.6 Å². The normalized spacial score (nSPS) is 19.8. The Morgan fingerprint density at radius 1 is 1.25 bits per heavy atom. The molecule has 1 atom stereocenters. The second-order valence-corrected chi connectivity index (χ2v) is 8.03. The van der Waals surface area contributed by atoms with Gasteiger partial charge in [-0.1, -0.05) is 26.0 Å². The summed E-state index contributed by atoms with van der Waals surface area (Å²) in [5, 5.41) is 10.9. The lowest BCUT2D eigenvalue weighted by Gasteiger charge is -2.29. The van der Waals surface area contributed by atoms with Gasteiger partial charge in [-0.2, -0.15) is 0 Å². The van der Waals surface area contributed by atoms with Crippen molar-refractivity contribution in [2.75, 3.05) is 0 Å². The van der Waals surface area contributed by atoms with Crippen LogP contribution < -0.4 is 5.32 Å². The van der Waals surface area contributed by atoms with E-state index >= 15 is 0 Å². The summed E-state index contributed by atoms with van der Waals surface area (Å²) < 4.78 is 1.71. The summed E-state index contributed by atoms with van der Waals surface area (Å²) in [7, 11) is 0. The number of piperidine rings is 1. The standard InChI is InChI=1S/C20H23N5O3/c1-4-20(2,3)16-11-25(23-22-16)13-5-6-14-12(9-13)10-24(19(14)28)15-7-8-17(26)21-18(15)27/h5-6,9,11,15H,4,7-8,10H2,1-3H3,(H,21,26,27). The quantitative estimate of drug-likeness (QED) is 0.814. The van der Waals surface area contributed by atoms with Crippen LogP contribution in [0.15, 0.2) is 24.4 Å². The Labute approximate surface area is 162 Å². The maximum atomic E-state index is 12.8. The fourth-order valence-corrected chi connectivity index (χ4v) is 3.58. The minimum atomic E-state index is -0.607. The summed E-state index contributed by atoms with van der Waals surface area (Å²) in [5.74, 6) is -0.868. The van der Waals surface area contributed by atoms with Gasteiger partial charge in [0, 0.05) is 23.9 Å². The lowest BCUT2D eigenvalue weighted by atomic mass is 9.87. The van der Waals surface area contributed by atoms with Crippen LogP contribution in [0.3, 0.4) is 0 Å². The molecular weight excluding hydrogens is 358 g/mol.